The lowest BCUT2D eigenvalue weighted by molar-refractivity contribution is -0.130. The van der Waals surface area contributed by atoms with E-state index in [0.717, 1.165) is 23.3 Å². The molecule has 0 aliphatic carbocycles. The molecule has 2 aromatic carbocycles. The first-order chi connectivity index (χ1) is 11.2. The van der Waals surface area contributed by atoms with Gasteiger partial charge in [-0.05, 0) is 41.8 Å². The van der Waals surface area contributed by atoms with Crippen LogP contribution in [0, 0.1) is 0 Å². The van der Waals surface area contributed by atoms with Crippen molar-refractivity contribution in [3.05, 3.63) is 76.9 Å². The first-order valence-electron chi connectivity index (χ1n) is 7.58. The number of hydrogen-bond donors (Lipinski definition) is 0. The maximum Gasteiger partial charge on any atom is 0.343 e. The third-order valence-corrected chi connectivity index (χ3v) is 3.79. The molecule has 1 aliphatic rings. The van der Waals surface area contributed by atoms with Gasteiger partial charge in [0.1, 0.15) is 11.5 Å². The Morgan fingerprint density at radius 1 is 1.13 bits per heavy atom. The van der Waals surface area contributed by atoms with Gasteiger partial charge >= 0.3 is 5.97 Å². The zero-order valence-corrected chi connectivity index (χ0v) is 13.2. The van der Waals surface area contributed by atoms with Crippen molar-refractivity contribution in [2.24, 2.45) is 0 Å². The molecular formula is C20H18O3. The van der Waals surface area contributed by atoms with Crippen molar-refractivity contribution >= 4 is 17.8 Å². The molecule has 0 atom stereocenters. The number of hydrogen-bond acceptors (Lipinski definition) is 3. The van der Waals surface area contributed by atoms with Crippen molar-refractivity contribution in [1.82, 2.24) is 0 Å². The Hall–Kier alpha value is -2.81. The van der Waals surface area contributed by atoms with E-state index in [-0.39, 0.29) is 5.97 Å². The zero-order chi connectivity index (χ0) is 16.2. The second-order valence-electron chi connectivity index (χ2n) is 5.32. The van der Waals surface area contributed by atoms with Gasteiger partial charge in [-0.2, -0.15) is 0 Å². The van der Waals surface area contributed by atoms with Crippen LogP contribution < -0.4 is 4.74 Å². The fraction of sp³-hybridized carbons (Fsp3) is 0.150. The number of rotatable bonds is 4. The van der Waals surface area contributed by atoms with E-state index >= 15 is 0 Å². The number of aryl methyl sites for hydroxylation is 1. The fourth-order valence-electron chi connectivity index (χ4n) is 2.45. The monoisotopic (exact) mass is 306 g/mol. The summed E-state index contributed by atoms with van der Waals surface area (Å²) in [6.07, 6.45) is 4.57. The predicted molar refractivity (Wildman–Crippen MR) is 90.9 cm³/mol. The largest absolute Gasteiger partial charge is 0.497 e. The molecule has 1 aliphatic heterocycles. The van der Waals surface area contributed by atoms with Crippen molar-refractivity contribution < 1.29 is 14.3 Å². The SMILES string of the molecule is CCc1ccc(C2=C/C(=C\c3cccc(OC)c3)C(=O)O2)cc1. The fourth-order valence-corrected chi connectivity index (χ4v) is 2.45. The van der Waals surface area contributed by atoms with Crippen LogP contribution in [0.3, 0.4) is 0 Å². The van der Waals surface area contributed by atoms with E-state index in [2.05, 4.69) is 6.92 Å². The van der Waals surface area contributed by atoms with Gasteiger partial charge in [0.05, 0.1) is 12.7 Å². The topological polar surface area (TPSA) is 35.5 Å². The average Bonchev–Trinajstić information content (AvgIpc) is 2.96. The van der Waals surface area contributed by atoms with Crippen LogP contribution in [-0.4, -0.2) is 13.1 Å². The van der Waals surface area contributed by atoms with Crippen LogP contribution in [0.1, 0.15) is 23.6 Å². The van der Waals surface area contributed by atoms with Crippen LogP contribution in [-0.2, 0) is 16.0 Å². The molecule has 0 fully saturated rings. The number of esters is 1. The van der Waals surface area contributed by atoms with Gasteiger partial charge in [0.25, 0.3) is 0 Å². The molecule has 0 aromatic heterocycles. The summed E-state index contributed by atoms with van der Waals surface area (Å²) in [4.78, 5) is 12.1. The van der Waals surface area contributed by atoms with Crippen molar-refractivity contribution in [3.8, 4) is 5.75 Å². The lowest BCUT2D eigenvalue weighted by atomic mass is 10.1. The second kappa shape index (κ2) is 6.53. The molecule has 0 amide bonds. The molecule has 3 rings (SSSR count). The summed E-state index contributed by atoms with van der Waals surface area (Å²) < 4.78 is 10.6. The predicted octanol–water partition coefficient (Wildman–Crippen LogP) is 4.24. The van der Waals surface area contributed by atoms with Crippen molar-refractivity contribution in [2.45, 2.75) is 13.3 Å². The number of benzene rings is 2. The normalized spacial score (nSPS) is 15.5. The van der Waals surface area contributed by atoms with Crippen LogP contribution in [0.4, 0.5) is 0 Å². The third kappa shape index (κ3) is 3.34. The number of ether oxygens (including phenoxy) is 2. The van der Waals surface area contributed by atoms with Crippen molar-refractivity contribution in [2.75, 3.05) is 7.11 Å². The molecule has 0 unspecified atom stereocenters. The molecule has 3 heteroatoms. The minimum Gasteiger partial charge on any atom is -0.497 e. The molecular weight excluding hydrogens is 288 g/mol. The molecule has 2 aromatic rings. The standard InChI is InChI=1S/C20H18O3/c1-3-14-7-9-16(10-8-14)19-13-17(20(21)23-19)11-15-5-4-6-18(12-15)22-2/h4-13H,3H2,1-2H3/b17-11+. The molecule has 0 saturated carbocycles. The van der Waals surface area contributed by atoms with Crippen LogP contribution in [0.5, 0.6) is 5.75 Å². The van der Waals surface area contributed by atoms with Crippen LogP contribution in [0.2, 0.25) is 0 Å². The van der Waals surface area contributed by atoms with E-state index in [1.807, 2.05) is 48.5 Å². The molecule has 0 N–H and O–H groups in total. The number of methoxy groups -OCH3 is 1. The van der Waals surface area contributed by atoms with Crippen molar-refractivity contribution in [3.63, 3.8) is 0 Å². The maximum atomic E-state index is 12.1. The van der Waals surface area contributed by atoms with Gasteiger partial charge in [0.2, 0.25) is 0 Å². The Labute approximate surface area is 135 Å². The molecule has 23 heavy (non-hydrogen) atoms. The molecule has 3 nitrogen and oxygen atoms in total. The quantitative estimate of drug-likeness (QED) is 0.626. The third-order valence-electron chi connectivity index (χ3n) is 3.79. The first kappa shape index (κ1) is 15.1. The van der Waals surface area contributed by atoms with Gasteiger partial charge in [-0.3, -0.25) is 0 Å². The number of carbonyl (C=O) groups excluding carboxylic acids is 1. The zero-order valence-electron chi connectivity index (χ0n) is 13.2. The summed E-state index contributed by atoms with van der Waals surface area (Å²) >= 11 is 0. The summed E-state index contributed by atoms with van der Waals surface area (Å²) in [5.41, 5.74) is 3.60. The van der Waals surface area contributed by atoms with E-state index in [1.165, 1.54) is 5.56 Å². The van der Waals surface area contributed by atoms with Gasteiger partial charge in [0.15, 0.2) is 0 Å². The summed E-state index contributed by atoms with van der Waals surface area (Å²) in [5.74, 6) is 1.01. The highest BCUT2D eigenvalue weighted by molar-refractivity contribution is 6.05. The number of cyclic esters (lactones) is 1. The summed E-state index contributed by atoms with van der Waals surface area (Å²) in [6, 6.07) is 15.6. The first-order valence-corrected chi connectivity index (χ1v) is 7.58. The second-order valence-corrected chi connectivity index (χ2v) is 5.32. The van der Waals surface area contributed by atoms with E-state index in [9.17, 15) is 4.79 Å². The van der Waals surface area contributed by atoms with Gasteiger partial charge < -0.3 is 9.47 Å². The van der Waals surface area contributed by atoms with E-state index in [0.29, 0.717) is 11.3 Å². The molecule has 116 valence electrons. The molecule has 1 heterocycles. The molecule has 0 spiro atoms. The molecule has 0 radical (unpaired) electrons. The van der Waals surface area contributed by atoms with Crippen molar-refractivity contribution in [1.29, 1.82) is 0 Å². The van der Waals surface area contributed by atoms with E-state index in [4.69, 9.17) is 9.47 Å². The maximum absolute atomic E-state index is 12.1. The lowest BCUT2D eigenvalue weighted by Gasteiger charge is -2.02. The minimum atomic E-state index is -0.331. The van der Waals surface area contributed by atoms with E-state index < -0.39 is 0 Å². The minimum absolute atomic E-state index is 0.331. The van der Waals surface area contributed by atoms with Crippen LogP contribution >= 0.6 is 0 Å². The summed E-state index contributed by atoms with van der Waals surface area (Å²) in [5, 5.41) is 0. The smallest absolute Gasteiger partial charge is 0.343 e. The number of carbonyl (C=O) groups is 1. The Morgan fingerprint density at radius 3 is 2.61 bits per heavy atom. The Bertz CT molecular complexity index is 783. The van der Waals surface area contributed by atoms with Crippen LogP contribution in [0.15, 0.2) is 60.2 Å². The summed E-state index contributed by atoms with van der Waals surface area (Å²) in [6.45, 7) is 2.11. The Morgan fingerprint density at radius 2 is 1.91 bits per heavy atom. The van der Waals surface area contributed by atoms with Gasteiger partial charge in [-0.25, -0.2) is 4.79 Å². The Balaban J connectivity index is 1.89. The molecule has 0 saturated heterocycles. The lowest BCUT2D eigenvalue weighted by Crippen LogP contribution is -1.97. The highest BCUT2D eigenvalue weighted by Gasteiger charge is 2.21. The summed E-state index contributed by atoms with van der Waals surface area (Å²) in [7, 11) is 1.62. The van der Waals surface area contributed by atoms with E-state index in [1.54, 1.807) is 19.3 Å². The van der Waals surface area contributed by atoms with Gasteiger partial charge in [0, 0.05) is 5.56 Å². The van der Waals surface area contributed by atoms with Gasteiger partial charge in [-0.15, -0.1) is 0 Å². The Kier molecular flexibility index (Phi) is 4.29. The van der Waals surface area contributed by atoms with Crippen LogP contribution in [0.25, 0.3) is 11.8 Å². The highest BCUT2D eigenvalue weighted by atomic mass is 16.5. The highest BCUT2D eigenvalue weighted by Crippen LogP contribution is 2.28. The molecule has 0 bridgehead atoms. The van der Waals surface area contributed by atoms with Gasteiger partial charge in [-0.1, -0.05) is 43.3 Å². The average molecular weight is 306 g/mol.